The molecule has 0 spiro atoms. The van der Waals surface area contributed by atoms with Crippen LogP contribution in [-0.2, 0) is 0 Å². The van der Waals surface area contributed by atoms with Crippen LogP contribution in [0.4, 0.5) is 0 Å². The molecule has 2 fully saturated rings. The zero-order valence-electron chi connectivity index (χ0n) is 24.4. The first-order valence-electron chi connectivity index (χ1n) is 16.2. The standard InChI is InChI=1S/C39H39N3S/c1-2-11-25(12-3-1)37-40-38(42-39(41-37)33-17-9-19-35-36(33)32-14-6-7-18-34(32)43-35)31-16-8-15-27-29-21-20-24-10-4-5-13-26(24)28(29)22-23-30(27)31/h1-3,6-11,13-23,25,27,30,32-34,36-42H,4-5,12H2. The van der Waals surface area contributed by atoms with E-state index in [2.05, 4.69) is 149 Å². The van der Waals surface area contributed by atoms with E-state index < -0.39 is 0 Å². The molecule has 0 bridgehead atoms. The quantitative estimate of drug-likeness (QED) is 0.428. The fourth-order valence-corrected chi connectivity index (χ4v) is 10.3. The lowest BCUT2D eigenvalue weighted by Crippen LogP contribution is -2.72. The summed E-state index contributed by atoms with van der Waals surface area (Å²) in [4.78, 5) is 1.54. The molecule has 1 aromatic carbocycles. The summed E-state index contributed by atoms with van der Waals surface area (Å²) in [6.07, 6.45) is 46.3. The van der Waals surface area contributed by atoms with Crippen LogP contribution in [0.15, 0.2) is 114 Å². The van der Waals surface area contributed by atoms with Crippen LogP contribution in [0.3, 0.4) is 0 Å². The smallest absolute Gasteiger partial charge is 0.0827 e. The summed E-state index contributed by atoms with van der Waals surface area (Å²) >= 11 is 2.07. The van der Waals surface area contributed by atoms with E-state index in [-0.39, 0.29) is 18.5 Å². The van der Waals surface area contributed by atoms with E-state index in [0.717, 1.165) is 19.3 Å². The molecule has 8 aliphatic rings. The summed E-state index contributed by atoms with van der Waals surface area (Å²) in [5.74, 6) is 2.54. The van der Waals surface area contributed by atoms with Crippen molar-refractivity contribution in [1.29, 1.82) is 0 Å². The van der Waals surface area contributed by atoms with Crippen molar-refractivity contribution in [3.05, 3.63) is 135 Å². The van der Waals surface area contributed by atoms with Gasteiger partial charge in [-0.3, -0.25) is 16.0 Å². The van der Waals surface area contributed by atoms with Crippen LogP contribution in [0.25, 0.3) is 18.2 Å². The van der Waals surface area contributed by atoms with Crippen molar-refractivity contribution >= 4 is 30.0 Å². The van der Waals surface area contributed by atoms with Gasteiger partial charge in [-0.1, -0.05) is 122 Å². The van der Waals surface area contributed by atoms with Crippen LogP contribution >= 0.6 is 11.8 Å². The second-order valence-corrected chi connectivity index (χ2v) is 14.4. The third-order valence-corrected chi connectivity index (χ3v) is 12.2. The first-order valence-corrected chi connectivity index (χ1v) is 17.1. The summed E-state index contributed by atoms with van der Waals surface area (Å²) < 4.78 is 0. The molecular weight excluding hydrogens is 543 g/mol. The van der Waals surface area contributed by atoms with Crippen LogP contribution in [0, 0.1) is 29.6 Å². The number of benzene rings is 1. The molecule has 4 heteroatoms. The molecule has 0 aromatic heterocycles. The van der Waals surface area contributed by atoms with Gasteiger partial charge in [0, 0.05) is 40.8 Å². The maximum absolute atomic E-state index is 4.14. The molecule has 10 unspecified atom stereocenters. The molecule has 3 N–H and O–H groups in total. The van der Waals surface area contributed by atoms with E-state index in [4.69, 9.17) is 0 Å². The Hall–Kier alpha value is -3.15. The average molecular weight is 582 g/mol. The molecular formula is C39H39N3S. The molecule has 6 aliphatic carbocycles. The highest BCUT2D eigenvalue weighted by atomic mass is 32.2. The number of rotatable bonds is 3. The summed E-state index contributed by atoms with van der Waals surface area (Å²) in [6, 6.07) is 4.75. The Morgan fingerprint density at radius 3 is 2.51 bits per heavy atom. The predicted molar refractivity (Wildman–Crippen MR) is 181 cm³/mol. The van der Waals surface area contributed by atoms with Gasteiger partial charge in [-0.2, -0.15) is 0 Å². The lowest BCUT2D eigenvalue weighted by atomic mass is 9.71. The maximum atomic E-state index is 4.14. The Morgan fingerprint density at radius 2 is 1.56 bits per heavy atom. The van der Waals surface area contributed by atoms with Gasteiger partial charge in [0.25, 0.3) is 0 Å². The second kappa shape index (κ2) is 10.8. The van der Waals surface area contributed by atoms with Crippen LogP contribution in [-0.4, -0.2) is 23.7 Å². The van der Waals surface area contributed by atoms with Crippen molar-refractivity contribution in [2.75, 3.05) is 0 Å². The number of nitrogens with one attached hydrogen (secondary N) is 3. The molecule has 0 amide bonds. The number of fused-ring (bicyclic) bond motifs is 8. The molecule has 43 heavy (non-hydrogen) atoms. The zero-order chi connectivity index (χ0) is 28.3. The predicted octanol–water partition coefficient (Wildman–Crippen LogP) is 5.70. The van der Waals surface area contributed by atoms with Gasteiger partial charge in [-0.25, -0.2) is 0 Å². The Bertz CT molecular complexity index is 1730. The van der Waals surface area contributed by atoms with Gasteiger partial charge in [-0.05, 0) is 51.3 Å². The minimum atomic E-state index is 0.0890. The van der Waals surface area contributed by atoms with Gasteiger partial charge < -0.3 is 0 Å². The van der Waals surface area contributed by atoms with E-state index in [0.29, 0.717) is 40.8 Å². The molecule has 2 heterocycles. The van der Waals surface area contributed by atoms with Gasteiger partial charge in [-0.15, -0.1) is 11.8 Å². The van der Waals surface area contributed by atoms with Crippen LogP contribution < -0.4 is 26.4 Å². The topological polar surface area (TPSA) is 36.1 Å². The van der Waals surface area contributed by atoms with Crippen molar-refractivity contribution in [2.24, 2.45) is 29.6 Å². The second-order valence-electron chi connectivity index (χ2n) is 13.1. The number of hydrogen-bond donors (Lipinski definition) is 3. The van der Waals surface area contributed by atoms with Crippen molar-refractivity contribution in [3.63, 3.8) is 0 Å². The molecule has 3 nitrogen and oxygen atoms in total. The number of thioether (sulfide) groups is 1. The van der Waals surface area contributed by atoms with Gasteiger partial charge in [0.15, 0.2) is 0 Å². The van der Waals surface area contributed by atoms with Crippen LogP contribution in [0.2, 0.25) is 0 Å². The fraction of sp³-hybridized carbons (Fsp3) is 0.333. The van der Waals surface area contributed by atoms with E-state index >= 15 is 0 Å². The summed E-state index contributed by atoms with van der Waals surface area (Å²) in [7, 11) is 0. The van der Waals surface area contributed by atoms with Gasteiger partial charge in [0.2, 0.25) is 0 Å². The van der Waals surface area contributed by atoms with Crippen LogP contribution in [0.1, 0.15) is 36.3 Å². The molecule has 2 aliphatic heterocycles. The molecule has 1 aromatic rings. The highest BCUT2D eigenvalue weighted by Crippen LogP contribution is 2.54. The molecule has 10 atom stereocenters. The van der Waals surface area contributed by atoms with Gasteiger partial charge >= 0.3 is 0 Å². The number of allylic oxidation sites excluding steroid dienone is 13. The summed E-state index contributed by atoms with van der Waals surface area (Å²) in [5.41, 5.74) is 4.35. The monoisotopic (exact) mass is 581 g/mol. The van der Waals surface area contributed by atoms with E-state index in [1.165, 1.54) is 27.1 Å². The molecule has 2 saturated heterocycles. The Kier molecular flexibility index (Phi) is 6.59. The molecule has 9 rings (SSSR count). The van der Waals surface area contributed by atoms with Crippen molar-refractivity contribution in [1.82, 2.24) is 16.0 Å². The first-order chi connectivity index (χ1) is 21.3. The van der Waals surface area contributed by atoms with E-state index in [9.17, 15) is 0 Å². The average Bonchev–Trinajstić information content (AvgIpc) is 3.47. The zero-order valence-corrected chi connectivity index (χ0v) is 25.2. The van der Waals surface area contributed by atoms with Gasteiger partial charge in [0.05, 0.1) is 18.5 Å². The van der Waals surface area contributed by atoms with Crippen molar-refractivity contribution < 1.29 is 0 Å². The minimum absolute atomic E-state index is 0.0890. The number of hydrogen-bond acceptors (Lipinski definition) is 4. The lowest BCUT2D eigenvalue weighted by molar-refractivity contribution is 0.132. The maximum Gasteiger partial charge on any atom is 0.0827 e. The van der Waals surface area contributed by atoms with Crippen molar-refractivity contribution in [3.8, 4) is 0 Å². The summed E-state index contributed by atoms with van der Waals surface area (Å²) in [5, 5.41) is 15.7. The summed E-state index contributed by atoms with van der Waals surface area (Å²) in [6.45, 7) is 0. The molecule has 0 radical (unpaired) electrons. The Morgan fingerprint density at radius 1 is 0.698 bits per heavy atom. The van der Waals surface area contributed by atoms with E-state index in [1.807, 2.05) is 0 Å². The minimum Gasteiger partial charge on any atom is -0.285 e. The fourth-order valence-electron chi connectivity index (χ4n) is 8.75. The highest BCUT2D eigenvalue weighted by molar-refractivity contribution is 8.04. The Balaban J connectivity index is 1.06. The van der Waals surface area contributed by atoms with Crippen molar-refractivity contribution in [2.45, 2.75) is 48.9 Å². The third-order valence-electron chi connectivity index (χ3n) is 10.8. The first kappa shape index (κ1) is 26.3. The Labute approximate surface area is 259 Å². The molecule has 216 valence electrons. The normalized spacial score (nSPS) is 39.4. The SMILES string of the molecule is C1=CCC(C2NC(C3=CC=CC4c5ccc6c(c5C=CC34)=CCCC=6)NC(C3C=CC=C4SC5C=CC=CC5C43)N2)C=C1. The van der Waals surface area contributed by atoms with Gasteiger partial charge in [0.1, 0.15) is 0 Å². The molecule has 0 saturated carbocycles. The third kappa shape index (κ3) is 4.45. The van der Waals surface area contributed by atoms with E-state index in [1.54, 1.807) is 4.91 Å². The lowest BCUT2D eigenvalue weighted by Gasteiger charge is -2.48. The highest BCUT2D eigenvalue weighted by Gasteiger charge is 2.48. The van der Waals surface area contributed by atoms with Crippen LogP contribution in [0.5, 0.6) is 0 Å². The largest absolute Gasteiger partial charge is 0.285 e.